The summed E-state index contributed by atoms with van der Waals surface area (Å²) in [6.45, 7) is 8.95. The van der Waals surface area contributed by atoms with Crippen molar-refractivity contribution in [3.63, 3.8) is 0 Å². The van der Waals surface area contributed by atoms with Crippen LogP contribution in [0.1, 0.15) is 127 Å². The van der Waals surface area contributed by atoms with Gasteiger partial charge in [0.25, 0.3) is 0 Å². The minimum atomic E-state index is -0.0386. The van der Waals surface area contributed by atoms with Gasteiger partial charge in [-0.25, -0.2) is 4.79 Å². The molecule has 0 spiro atoms. The largest absolute Gasteiger partial charge is 0.427 e. The highest BCUT2D eigenvalue weighted by molar-refractivity contribution is 5.36. The molecular formula is C25H44O2. The normalized spacial score (nSPS) is 11.3. The van der Waals surface area contributed by atoms with Gasteiger partial charge < -0.3 is 4.42 Å². The molecule has 0 unspecified atom stereocenters. The van der Waals surface area contributed by atoms with Crippen LogP contribution in [0.5, 0.6) is 0 Å². The van der Waals surface area contributed by atoms with Gasteiger partial charge in [0.05, 0.1) is 0 Å². The molecule has 0 N–H and O–H groups in total. The number of unbranched alkanes of at least 4 members (excludes halogenated alkanes) is 8. The first-order chi connectivity index (χ1) is 13.2. The number of rotatable bonds is 16. The van der Waals surface area contributed by atoms with Gasteiger partial charge in [0.1, 0.15) is 5.76 Å². The first kappa shape index (κ1) is 24.0. The third-order valence-electron chi connectivity index (χ3n) is 5.63. The third kappa shape index (κ3) is 8.66. The molecule has 0 atom stereocenters. The molecule has 0 saturated heterocycles. The standard InChI is InChI=1S/C25H44O2/c1-5-9-13-17-21-22(18-14-10-6-2)24(20-16-12-8-4)27-25(26)23(21)19-15-11-7-3/h5-20H2,1-4H3. The summed E-state index contributed by atoms with van der Waals surface area (Å²) < 4.78 is 5.94. The molecule has 0 aliphatic rings. The van der Waals surface area contributed by atoms with Crippen LogP contribution in [0.15, 0.2) is 9.21 Å². The second-order valence-electron chi connectivity index (χ2n) is 8.08. The summed E-state index contributed by atoms with van der Waals surface area (Å²) in [5, 5.41) is 0. The lowest BCUT2D eigenvalue weighted by Gasteiger charge is -2.18. The van der Waals surface area contributed by atoms with Gasteiger partial charge in [-0.2, -0.15) is 0 Å². The van der Waals surface area contributed by atoms with Gasteiger partial charge in [-0.05, 0) is 56.1 Å². The molecule has 2 heteroatoms. The molecule has 156 valence electrons. The van der Waals surface area contributed by atoms with Gasteiger partial charge in [0.15, 0.2) is 0 Å². The van der Waals surface area contributed by atoms with E-state index in [0.717, 1.165) is 49.8 Å². The van der Waals surface area contributed by atoms with Crippen molar-refractivity contribution in [1.82, 2.24) is 0 Å². The highest BCUT2D eigenvalue weighted by atomic mass is 16.4. The van der Waals surface area contributed by atoms with Crippen molar-refractivity contribution in [1.29, 1.82) is 0 Å². The highest BCUT2D eigenvalue weighted by Gasteiger charge is 2.18. The summed E-state index contributed by atoms with van der Waals surface area (Å²) in [6.07, 6.45) is 18.4. The summed E-state index contributed by atoms with van der Waals surface area (Å²) in [7, 11) is 0. The average molecular weight is 377 g/mol. The maximum absolute atomic E-state index is 12.8. The molecule has 2 nitrogen and oxygen atoms in total. The fourth-order valence-corrected chi connectivity index (χ4v) is 3.95. The summed E-state index contributed by atoms with van der Waals surface area (Å²) in [5.74, 6) is 1.01. The Balaban J connectivity index is 3.21. The molecule has 1 heterocycles. The van der Waals surface area contributed by atoms with Crippen molar-refractivity contribution in [3.8, 4) is 0 Å². The summed E-state index contributed by atoms with van der Waals surface area (Å²) in [5.41, 5.74) is 3.74. The average Bonchev–Trinajstić information content (AvgIpc) is 2.66. The first-order valence-electron chi connectivity index (χ1n) is 11.9. The molecule has 1 aromatic rings. The Hall–Kier alpha value is -1.05. The van der Waals surface area contributed by atoms with Crippen molar-refractivity contribution < 1.29 is 4.42 Å². The van der Waals surface area contributed by atoms with Crippen LogP contribution in [-0.4, -0.2) is 0 Å². The molecule has 0 bridgehead atoms. The molecular weight excluding hydrogens is 332 g/mol. The van der Waals surface area contributed by atoms with Gasteiger partial charge in [0, 0.05) is 12.0 Å². The van der Waals surface area contributed by atoms with Crippen LogP contribution in [0, 0.1) is 0 Å². The van der Waals surface area contributed by atoms with E-state index in [2.05, 4.69) is 27.7 Å². The van der Waals surface area contributed by atoms with E-state index in [0.29, 0.717) is 0 Å². The number of hydrogen-bond donors (Lipinski definition) is 0. The van der Waals surface area contributed by atoms with E-state index in [1.807, 2.05) is 0 Å². The second-order valence-corrected chi connectivity index (χ2v) is 8.08. The van der Waals surface area contributed by atoms with Crippen LogP contribution in [0.3, 0.4) is 0 Å². The van der Waals surface area contributed by atoms with E-state index in [1.165, 1.54) is 75.3 Å². The molecule has 1 rings (SSSR count). The van der Waals surface area contributed by atoms with Crippen molar-refractivity contribution in [2.75, 3.05) is 0 Å². The zero-order valence-electron chi connectivity index (χ0n) is 18.6. The van der Waals surface area contributed by atoms with E-state index in [1.54, 1.807) is 0 Å². The Kier molecular flexibility index (Phi) is 13.3. The summed E-state index contributed by atoms with van der Waals surface area (Å²) >= 11 is 0. The fraction of sp³-hybridized carbons (Fsp3) is 0.800. The Morgan fingerprint density at radius 1 is 0.519 bits per heavy atom. The predicted octanol–water partition coefficient (Wildman–Crippen LogP) is 7.57. The Labute approximate surface area is 168 Å². The van der Waals surface area contributed by atoms with Gasteiger partial charge in [-0.15, -0.1) is 0 Å². The van der Waals surface area contributed by atoms with E-state index in [-0.39, 0.29) is 5.63 Å². The Bertz CT molecular complexity index is 556. The van der Waals surface area contributed by atoms with Crippen molar-refractivity contribution in [2.45, 2.75) is 130 Å². The van der Waals surface area contributed by atoms with Gasteiger partial charge in [-0.1, -0.05) is 79.1 Å². The van der Waals surface area contributed by atoms with Crippen LogP contribution >= 0.6 is 0 Å². The van der Waals surface area contributed by atoms with Crippen LogP contribution in [0.2, 0.25) is 0 Å². The van der Waals surface area contributed by atoms with E-state index in [9.17, 15) is 4.79 Å². The molecule has 0 amide bonds. The molecule has 0 saturated carbocycles. The third-order valence-corrected chi connectivity index (χ3v) is 5.63. The lowest BCUT2D eigenvalue weighted by molar-refractivity contribution is 0.429. The Morgan fingerprint density at radius 3 is 1.41 bits per heavy atom. The highest BCUT2D eigenvalue weighted by Crippen LogP contribution is 2.25. The van der Waals surface area contributed by atoms with Gasteiger partial charge >= 0.3 is 5.63 Å². The first-order valence-corrected chi connectivity index (χ1v) is 11.9. The minimum absolute atomic E-state index is 0.0386. The van der Waals surface area contributed by atoms with Gasteiger partial charge in [-0.3, -0.25) is 0 Å². The van der Waals surface area contributed by atoms with Crippen molar-refractivity contribution >= 4 is 0 Å². The minimum Gasteiger partial charge on any atom is -0.427 e. The summed E-state index contributed by atoms with van der Waals surface area (Å²) in [6, 6.07) is 0. The van der Waals surface area contributed by atoms with Crippen LogP contribution < -0.4 is 5.63 Å². The molecule has 1 aromatic heterocycles. The topological polar surface area (TPSA) is 30.2 Å². The van der Waals surface area contributed by atoms with Crippen molar-refractivity contribution in [3.05, 3.63) is 32.9 Å². The Morgan fingerprint density at radius 2 is 0.926 bits per heavy atom. The molecule has 0 aliphatic heterocycles. The van der Waals surface area contributed by atoms with Gasteiger partial charge in [0.2, 0.25) is 0 Å². The smallest absolute Gasteiger partial charge is 0.339 e. The molecule has 0 radical (unpaired) electrons. The van der Waals surface area contributed by atoms with Crippen LogP contribution in [0.25, 0.3) is 0 Å². The number of aryl methyl sites for hydroxylation is 1. The maximum atomic E-state index is 12.8. The van der Waals surface area contributed by atoms with Crippen LogP contribution in [-0.2, 0) is 25.7 Å². The zero-order chi connectivity index (χ0) is 19.9. The SMILES string of the molecule is CCCCCc1oc(=O)c(CCCCC)c(CCCCC)c1CCCCC. The predicted molar refractivity (Wildman–Crippen MR) is 118 cm³/mol. The fourth-order valence-electron chi connectivity index (χ4n) is 3.95. The van der Waals surface area contributed by atoms with E-state index < -0.39 is 0 Å². The lowest BCUT2D eigenvalue weighted by atomic mass is 9.90. The van der Waals surface area contributed by atoms with Crippen LogP contribution in [0.4, 0.5) is 0 Å². The molecule has 0 aliphatic carbocycles. The van der Waals surface area contributed by atoms with E-state index >= 15 is 0 Å². The maximum Gasteiger partial charge on any atom is 0.339 e. The van der Waals surface area contributed by atoms with E-state index in [4.69, 9.17) is 4.42 Å². The van der Waals surface area contributed by atoms with Crippen molar-refractivity contribution in [2.24, 2.45) is 0 Å². The molecule has 0 aromatic carbocycles. The molecule has 27 heavy (non-hydrogen) atoms. The zero-order valence-corrected chi connectivity index (χ0v) is 18.6. The number of hydrogen-bond acceptors (Lipinski definition) is 2. The lowest BCUT2D eigenvalue weighted by Crippen LogP contribution is -2.17. The monoisotopic (exact) mass is 376 g/mol. The second kappa shape index (κ2) is 14.9. The quantitative estimate of drug-likeness (QED) is 0.278. The molecule has 0 fully saturated rings. The summed E-state index contributed by atoms with van der Waals surface area (Å²) in [4.78, 5) is 12.8.